The molecule has 0 unspecified atom stereocenters. The van der Waals surface area contributed by atoms with Crippen molar-refractivity contribution >= 4 is 0 Å². The maximum atomic E-state index is 5.73. The number of hydrogen-bond donors (Lipinski definition) is 0. The van der Waals surface area contributed by atoms with Gasteiger partial charge in [0.2, 0.25) is 5.88 Å². The van der Waals surface area contributed by atoms with E-state index in [1.165, 1.54) is 0 Å². The SMILES string of the molecule is COc1ccc(OC[C@H]2CO2)nc1OCc1ccccc1. The lowest BCUT2D eigenvalue weighted by molar-refractivity contribution is 0.240. The second-order valence-electron chi connectivity index (χ2n) is 4.70. The first-order chi connectivity index (χ1) is 10.3. The van der Waals surface area contributed by atoms with E-state index in [-0.39, 0.29) is 6.10 Å². The molecule has 1 saturated heterocycles. The van der Waals surface area contributed by atoms with Gasteiger partial charge in [-0.25, -0.2) is 0 Å². The van der Waals surface area contributed by atoms with Gasteiger partial charge in [0.25, 0.3) is 5.88 Å². The summed E-state index contributed by atoms with van der Waals surface area (Å²) in [5.41, 5.74) is 1.07. The number of methoxy groups -OCH3 is 1. The largest absolute Gasteiger partial charge is 0.491 e. The van der Waals surface area contributed by atoms with Gasteiger partial charge in [0.05, 0.1) is 13.7 Å². The third-order valence-corrected chi connectivity index (χ3v) is 3.06. The summed E-state index contributed by atoms with van der Waals surface area (Å²) in [6.45, 7) is 1.70. The van der Waals surface area contributed by atoms with Gasteiger partial charge in [-0.1, -0.05) is 30.3 Å². The fourth-order valence-corrected chi connectivity index (χ4v) is 1.82. The maximum absolute atomic E-state index is 5.73. The number of ether oxygens (including phenoxy) is 4. The standard InChI is InChI=1S/C16H17NO4/c1-18-14-7-8-15(20-11-13-10-19-13)17-16(14)21-9-12-5-3-2-4-6-12/h2-8,13H,9-11H2,1H3/t13-/m1/s1. The molecule has 0 N–H and O–H groups in total. The van der Waals surface area contributed by atoms with E-state index >= 15 is 0 Å². The van der Waals surface area contributed by atoms with Crippen molar-refractivity contribution in [2.75, 3.05) is 20.3 Å². The molecule has 1 fully saturated rings. The summed E-state index contributed by atoms with van der Waals surface area (Å²) in [4.78, 5) is 4.33. The van der Waals surface area contributed by atoms with E-state index in [4.69, 9.17) is 18.9 Å². The predicted octanol–water partition coefficient (Wildman–Crippen LogP) is 2.45. The molecule has 0 amide bonds. The van der Waals surface area contributed by atoms with Crippen molar-refractivity contribution in [3.8, 4) is 17.5 Å². The highest BCUT2D eigenvalue weighted by Gasteiger charge is 2.23. The second-order valence-corrected chi connectivity index (χ2v) is 4.70. The van der Waals surface area contributed by atoms with Crippen LogP contribution in [0.15, 0.2) is 42.5 Å². The third kappa shape index (κ3) is 3.86. The molecule has 1 aromatic carbocycles. The Morgan fingerprint density at radius 3 is 2.67 bits per heavy atom. The summed E-state index contributed by atoms with van der Waals surface area (Å²) >= 11 is 0. The molecule has 2 aromatic rings. The molecule has 5 nitrogen and oxygen atoms in total. The minimum Gasteiger partial charge on any atom is -0.491 e. The Morgan fingerprint density at radius 1 is 1.14 bits per heavy atom. The second kappa shape index (κ2) is 6.45. The number of rotatable bonds is 7. The van der Waals surface area contributed by atoms with Crippen LogP contribution in [0.1, 0.15) is 5.56 Å². The topological polar surface area (TPSA) is 53.1 Å². The zero-order valence-electron chi connectivity index (χ0n) is 11.8. The first-order valence-electron chi connectivity index (χ1n) is 6.81. The van der Waals surface area contributed by atoms with Gasteiger partial charge in [-0.15, -0.1) is 0 Å². The van der Waals surface area contributed by atoms with Gasteiger partial charge < -0.3 is 18.9 Å². The van der Waals surface area contributed by atoms with Crippen molar-refractivity contribution in [3.63, 3.8) is 0 Å². The molecule has 3 rings (SSSR count). The van der Waals surface area contributed by atoms with E-state index in [2.05, 4.69) is 4.98 Å². The van der Waals surface area contributed by atoms with Gasteiger partial charge in [0, 0.05) is 6.07 Å². The lowest BCUT2D eigenvalue weighted by Gasteiger charge is -2.11. The summed E-state index contributed by atoms with van der Waals surface area (Å²) in [5.74, 6) is 1.52. The average molecular weight is 287 g/mol. The van der Waals surface area contributed by atoms with Gasteiger partial charge in [0.15, 0.2) is 5.75 Å². The zero-order chi connectivity index (χ0) is 14.5. The summed E-state index contributed by atoms with van der Waals surface area (Å²) in [6.07, 6.45) is 0.197. The minimum absolute atomic E-state index is 0.197. The van der Waals surface area contributed by atoms with E-state index in [9.17, 15) is 0 Å². The molecule has 0 radical (unpaired) electrons. The van der Waals surface area contributed by atoms with Crippen LogP contribution in [0, 0.1) is 0 Å². The number of nitrogens with zero attached hydrogens (tertiary/aromatic N) is 1. The van der Waals surface area contributed by atoms with Crippen molar-refractivity contribution < 1.29 is 18.9 Å². The zero-order valence-corrected chi connectivity index (χ0v) is 11.8. The normalized spacial score (nSPS) is 16.3. The van der Waals surface area contributed by atoms with Crippen LogP contribution in [0.3, 0.4) is 0 Å². The van der Waals surface area contributed by atoms with Gasteiger partial charge >= 0.3 is 0 Å². The summed E-state index contributed by atoms with van der Waals surface area (Å²) < 4.78 is 21.6. The van der Waals surface area contributed by atoms with Crippen molar-refractivity contribution in [1.29, 1.82) is 0 Å². The Morgan fingerprint density at radius 2 is 1.95 bits per heavy atom. The summed E-state index contributed by atoms with van der Waals surface area (Å²) in [6, 6.07) is 13.5. The average Bonchev–Trinajstić information content (AvgIpc) is 3.36. The lowest BCUT2D eigenvalue weighted by Crippen LogP contribution is -2.06. The van der Waals surface area contributed by atoms with Gasteiger partial charge in [0.1, 0.15) is 19.3 Å². The monoisotopic (exact) mass is 287 g/mol. The number of epoxide rings is 1. The fourth-order valence-electron chi connectivity index (χ4n) is 1.82. The van der Waals surface area contributed by atoms with E-state index in [0.717, 1.165) is 12.2 Å². The fraction of sp³-hybridized carbons (Fsp3) is 0.312. The maximum Gasteiger partial charge on any atom is 0.260 e. The molecular weight excluding hydrogens is 270 g/mol. The van der Waals surface area contributed by atoms with E-state index in [1.807, 2.05) is 30.3 Å². The molecule has 5 heteroatoms. The third-order valence-electron chi connectivity index (χ3n) is 3.06. The molecule has 1 aliphatic rings. The number of benzene rings is 1. The van der Waals surface area contributed by atoms with Crippen LogP contribution in [0.5, 0.6) is 17.5 Å². The van der Waals surface area contributed by atoms with Crippen LogP contribution in [0.2, 0.25) is 0 Å². The van der Waals surface area contributed by atoms with Crippen LogP contribution >= 0.6 is 0 Å². The van der Waals surface area contributed by atoms with Gasteiger partial charge in [-0.2, -0.15) is 4.98 Å². The molecular formula is C16H17NO4. The van der Waals surface area contributed by atoms with Crippen LogP contribution < -0.4 is 14.2 Å². The molecule has 0 spiro atoms. The number of hydrogen-bond acceptors (Lipinski definition) is 5. The molecule has 21 heavy (non-hydrogen) atoms. The van der Waals surface area contributed by atoms with Gasteiger partial charge in [-0.05, 0) is 11.6 Å². The molecule has 0 saturated carbocycles. The van der Waals surface area contributed by atoms with Crippen molar-refractivity contribution in [2.45, 2.75) is 12.7 Å². The van der Waals surface area contributed by atoms with Gasteiger partial charge in [-0.3, -0.25) is 0 Å². The number of aromatic nitrogens is 1. The van der Waals surface area contributed by atoms with Crippen LogP contribution in [0.4, 0.5) is 0 Å². The first kappa shape index (κ1) is 13.7. The van der Waals surface area contributed by atoms with Crippen LogP contribution in [-0.4, -0.2) is 31.4 Å². The highest BCUT2D eigenvalue weighted by molar-refractivity contribution is 5.36. The van der Waals surface area contributed by atoms with E-state index in [0.29, 0.717) is 30.7 Å². The molecule has 0 bridgehead atoms. The Kier molecular flexibility index (Phi) is 4.21. The predicted molar refractivity (Wildman–Crippen MR) is 76.8 cm³/mol. The molecule has 1 aliphatic heterocycles. The quantitative estimate of drug-likeness (QED) is 0.732. The molecule has 2 heterocycles. The van der Waals surface area contributed by atoms with Crippen molar-refractivity contribution in [3.05, 3.63) is 48.0 Å². The minimum atomic E-state index is 0.197. The highest BCUT2D eigenvalue weighted by Crippen LogP contribution is 2.28. The van der Waals surface area contributed by atoms with Crippen LogP contribution in [-0.2, 0) is 11.3 Å². The van der Waals surface area contributed by atoms with Crippen molar-refractivity contribution in [1.82, 2.24) is 4.98 Å². The Bertz CT molecular complexity index is 584. The van der Waals surface area contributed by atoms with E-state index < -0.39 is 0 Å². The summed E-state index contributed by atoms with van der Waals surface area (Å²) in [5, 5.41) is 0. The van der Waals surface area contributed by atoms with Crippen molar-refractivity contribution in [2.24, 2.45) is 0 Å². The highest BCUT2D eigenvalue weighted by atomic mass is 16.6. The van der Waals surface area contributed by atoms with E-state index in [1.54, 1.807) is 19.2 Å². The molecule has 0 aliphatic carbocycles. The Labute approximate surface area is 123 Å². The molecule has 1 atom stereocenters. The lowest BCUT2D eigenvalue weighted by atomic mass is 10.2. The molecule has 1 aromatic heterocycles. The summed E-state index contributed by atoms with van der Waals surface area (Å²) in [7, 11) is 1.59. The molecule has 110 valence electrons. The first-order valence-corrected chi connectivity index (χ1v) is 6.81. The smallest absolute Gasteiger partial charge is 0.260 e. The Balaban J connectivity index is 1.67. The Hall–Kier alpha value is -2.27. The van der Waals surface area contributed by atoms with Crippen LogP contribution in [0.25, 0.3) is 0 Å². The number of pyridine rings is 1.